The van der Waals surface area contributed by atoms with Gasteiger partial charge in [-0.25, -0.2) is 0 Å². The van der Waals surface area contributed by atoms with Crippen LogP contribution >= 0.6 is 0 Å². The fourth-order valence-electron chi connectivity index (χ4n) is 2.50. The van der Waals surface area contributed by atoms with Crippen molar-refractivity contribution in [1.29, 1.82) is 0 Å². The van der Waals surface area contributed by atoms with E-state index >= 15 is 0 Å². The summed E-state index contributed by atoms with van der Waals surface area (Å²) in [7, 11) is 1.57. The normalized spacial score (nSPS) is 10.7. The van der Waals surface area contributed by atoms with E-state index in [-0.39, 0.29) is 17.4 Å². The Kier molecular flexibility index (Phi) is 7.35. The second kappa shape index (κ2) is 9.72. The van der Waals surface area contributed by atoms with Crippen LogP contribution in [0, 0.1) is 0 Å². The van der Waals surface area contributed by atoms with Crippen molar-refractivity contribution in [2.45, 2.75) is 26.6 Å². The molecule has 0 bridgehead atoms. The van der Waals surface area contributed by atoms with E-state index in [0.29, 0.717) is 30.8 Å². The van der Waals surface area contributed by atoms with Crippen LogP contribution in [0.2, 0.25) is 0 Å². The molecule has 2 rings (SSSR count). The molecule has 0 unspecified atom stereocenters. The number of hydrogen-bond donors (Lipinski definition) is 2. The first-order chi connectivity index (χ1) is 12.5. The number of amides is 1. The molecule has 0 spiro atoms. The van der Waals surface area contributed by atoms with E-state index in [0.717, 1.165) is 5.56 Å². The second-order valence-electron chi connectivity index (χ2n) is 5.44. The second-order valence-corrected chi connectivity index (χ2v) is 5.44. The van der Waals surface area contributed by atoms with E-state index in [4.69, 9.17) is 4.74 Å². The number of halogens is 2. The average Bonchev–Trinajstić information content (AvgIpc) is 2.63. The summed E-state index contributed by atoms with van der Waals surface area (Å²) in [4.78, 5) is 11.7. The molecule has 5 nitrogen and oxygen atoms in total. The van der Waals surface area contributed by atoms with E-state index in [1.807, 2.05) is 6.07 Å². The first-order valence-electron chi connectivity index (χ1n) is 8.26. The maximum atomic E-state index is 12.7. The fraction of sp³-hybridized carbons (Fsp3) is 0.316. The summed E-state index contributed by atoms with van der Waals surface area (Å²) in [6, 6.07) is 12.2. The Bertz CT molecular complexity index is 738. The van der Waals surface area contributed by atoms with Gasteiger partial charge in [-0.05, 0) is 30.7 Å². The predicted molar refractivity (Wildman–Crippen MR) is 94.6 cm³/mol. The SMILES string of the molecule is CCOc1cccc(CNCc2cccc(C(=O)NC)c2)c1OC(F)F. The molecule has 0 aliphatic carbocycles. The van der Waals surface area contributed by atoms with Crippen LogP contribution in [0.4, 0.5) is 8.78 Å². The monoisotopic (exact) mass is 364 g/mol. The van der Waals surface area contributed by atoms with Crippen LogP contribution in [0.25, 0.3) is 0 Å². The van der Waals surface area contributed by atoms with Gasteiger partial charge in [-0.1, -0.05) is 24.3 Å². The molecular formula is C19H22F2N2O3. The third kappa shape index (κ3) is 5.42. The Hall–Kier alpha value is -2.67. The van der Waals surface area contributed by atoms with Gasteiger partial charge in [0.15, 0.2) is 11.5 Å². The van der Waals surface area contributed by atoms with Gasteiger partial charge < -0.3 is 20.1 Å². The molecule has 0 aliphatic heterocycles. The first kappa shape index (κ1) is 19.7. The lowest BCUT2D eigenvalue weighted by Gasteiger charge is -2.16. The summed E-state index contributed by atoms with van der Waals surface area (Å²) < 4.78 is 35.5. The third-order valence-corrected chi connectivity index (χ3v) is 3.63. The summed E-state index contributed by atoms with van der Waals surface area (Å²) in [5.74, 6) is 0.161. The number of rotatable bonds is 9. The van der Waals surface area contributed by atoms with Crippen molar-refractivity contribution in [2.75, 3.05) is 13.7 Å². The molecule has 0 saturated carbocycles. The molecular weight excluding hydrogens is 342 g/mol. The predicted octanol–water partition coefficient (Wildman–Crippen LogP) is 3.34. The fourth-order valence-corrected chi connectivity index (χ4v) is 2.50. The minimum Gasteiger partial charge on any atom is -0.490 e. The van der Waals surface area contributed by atoms with Gasteiger partial charge in [0.05, 0.1) is 6.61 Å². The third-order valence-electron chi connectivity index (χ3n) is 3.63. The zero-order valence-corrected chi connectivity index (χ0v) is 14.7. The van der Waals surface area contributed by atoms with Crippen molar-refractivity contribution in [1.82, 2.24) is 10.6 Å². The van der Waals surface area contributed by atoms with Crippen LogP contribution < -0.4 is 20.1 Å². The Morgan fingerprint density at radius 2 is 1.92 bits per heavy atom. The van der Waals surface area contributed by atoms with E-state index in [1.54, 1.807) is 50.4 Å². The summed E-state index contributed by atoms with van der Waals surface area (Å²) in [6.07, 6.45) is 0. The number of carbonyl (C=O) groups is 1. The maximum Gasteiger partial charge on any atom is 0.387 e. The number of alkyl halides is 2. The minimum absolute atomic E-state index is 0.0379. The van der Waals surface area contributed by atoms with Gasteiger partial charge in [0.2, 0.25) is 0 Å². The highest BCUT2D eigenvalue weighted by atomic mass is 19.3. The highest BCUT2D eigenvalue weighted by Crippen LogP contribution is 2.32. The largest absolute Gasteiger partial charge is 0.490 e. The van der Waals surface area contributed by atoms with Crippen LogP contribution in [0.1, 0.15) is 28.4 Å². The average molecular weight is 364 g/mol. The van der Waals surface area contributed by atoms with Gasteiger partial charge in [0.1, 0.15) is 0 Å². The highest BCUT2D eigenvalue weighted by Gasteiger charge is 2.15. The smallest absolute Gasteiger partial charge is 0.387 e. The van der Waals surface area contributed by atoms with E-state index in [2.05, 4.69) is 15.4 Å². The topological polar surface area (TPSA) is 59.6 Å². The Balaban J connectivity index is 2.07. The molecule has 0 aromatic heterocycles. The van der Waals surface area contributed by atoms with E-state index in [9.17, 15) is 13.6 Å². The quantitative estimate of drug-likeness (QED) is 0.717. The summed E-state index contributed by atoms with van der Waals surface area (Å²) in [5, 5.41) is 5.75. The zero-order valence-electron chi connectivity index (χ0n) is 14.7. The van der Waals surface area contributed by atoms with E-state index < -0.39 is 6.61 Å². The van der Waals surface area contributed by atoms with Crippen molar-refractivity contribution < 1.29 is 23.0 Å². The molecule has 2 N–H and O–H groups in total. The number of nitrogens with one attached hydrogen (secondary N) is 2. The van der Waals surface area contributed by atoms with Gasteiger partial charge >= 0.3 is 6.61 Å². The van der Waals surface area contributed by atoms with Gasteiger partial charge in [0.25, 0.3) is 5.91 Å². The van der Waals surface area contributed by atoms with Crippen LogP contribution in [0.3, 0.4) is 0 Å². The zero-order chi connectivity index (χ0) is 18.9. The molecule has 2 aromatic carbocycles. The van der Waals surface area contributed by atoms with Crippen LogP contribution in [-0.2, 0) is 13.1 Å². The standard InChI is InChI=1S/C19H22F2N2O3/c1-3-25-16-9-5-8-15(17(16)26-19(20)21)12-23-11-13-6-4-7-14(10-13)18(24)22-2/h4-10,19,23H,3,11-12H2,1-2H3,(H,22,24). The van der Waals surface area contributed by atoms with E-state index in [1.165, 1.54) is 0 Å². The van der Waals surface area contributed by atoms with Crippen molar-refractivity contribution in [3.8, 4) is 11.5 Å². The molecule has 140 valence electrons. The molecule has 26 heavy (non-hydrogen) atoms. The molecule has 0 fully saturated rings. The molecule has 0 radical (unpaired) electrons. The van der Waals surface area contributed by atoms with Gasteiger partial charge in [-0.15, -0.1) is 0 Å². The molecule has 0 saturated heterocycles. The van der Waals surface area contributed by atoms with Crippen molar-refractivity contribution in [2.24, 2.45) is 0 Å². The molecule has 0 heterocycles. The molecule has 2 aromatic rings. The number of carbonyl (C=O) groups excluding carboxylic acids is 1. The number of benzene rings is 2. The lowest BCUT2D eigenvalue weighted by Crippen LogP contribution is -2.19. The molecule has 7 heteroatoms. The Labute approximate surface area is 151 Å². The van der Waals surface area contributed by atoms with Crippen LogP contribution in [0.15, 0.2) is 42.5 Å². The van der Waals surface area contributed by atoms with Crippen molar-refractivity contribution in [3.63, 3.8) is 0 Å². The minimum atomic E-state index is -2.93. The molecule has 0 atom stereocenters. The lowest BCUT2D eigenvalue weighted by molar-refractivity contribution is -0.0521. The van der Waals surface area contributed by atoms with Gasteiger partial charge in [-0.2, -0.15) is 8.78 Å². The van der Waals surface area contributed by atoms with Gasteiger partial charge in [0, 0.05) is 31.3 Å². The number of hydrogen-bond acceptors (Lipinski definition) is 4. The lowest BCUT2D eigenvalue weighted by atomic mass is 10.1. The van der Waals surface area contributed by atoms with Crippen molar-refractivity contribution in [3.05, 3.63) is 59.2 Å². The Morgan fingerprint density at radius 3 is 2.62 bits per heavy atom. The Morgan fingerprint density at radius 1 is 1.15 bits per heavy atom. The van der Waals surface area contributed by atoms with Crippen LogP contribution in [-0.4, -0.2) is 26.2 Å². The number of ether oxygens (including phenoxy) is 2. The van der Waals surface area contributed by atoms with Crippen LogP contribution in [0.5, 0.6) is 11.5 Å². The van der Waals surface area contributed by atoms with Gasteiger partial charge in [-0.3, -0.25) is 4.79 Å². The summed E-state index contributed by atoms with van der Waals surface area (Å²) in [5.41, 5.74) is 2.04. The first-order valence-corrected chi connectivity index (χ1v) is 8.26. The molecule has 1 amide bonds. The summed E-state index contributed by atoms with van der Waals surface area (Å²) >= 11 is 0. The van der Waals surface area contributed by atoms with Crippen molar-refractivity contribution >= 4 is 5.91 Å². The highest BCUT2D eigenvalue weighted by molar-refractivity contribution is 5.94. The number of para-hydroxylation sites is 1. The maximum absolute atomic E-state index is 12.7. The summed E-state index contributed by atoms with van der Waals surface area (Å²) in [6.45, 7) is -0.0239. The molecule has 0 aliphatic rings.